The van der Waals surface area contributed by atoms with Crippen molar-refractivity contribution in [2.45, 2.75) is 60.4 Å². The Morgan fingerprint density at radius 3 is 2.35 bits per heavy atom. The fourth-order valence-corrected chi connectivity index (χ4v) is 6.37. The number of rotatable bonds is 6. The summed E-state index contributed by atoms with van der Waals surface area (Å²) in [4.78, 5) is 32.5. The van der Waals surface area contributed by atoms with Gasteiger partial charge in [0, 0.05) is 17.1 Å². The first-order valence-corrected chi connectivity index (χ1v) is 14.5. The first-order chi connectivity index (χ1) is 19.1. The van der Waals surface area contributed by atoms with Gasteiger partial charge in [0.15, 0.2) is 4.80 Å². The summed E-state index contributed by atoms with van der Waals surface area (Å²) in [7, 11) is 0. The second-order valence-electron chi connectivity index (χ2n) is 10.6. The summed E-state index contributed by atoms with van der Waals surface area (Å²) in [6.07, 6.45) is 1.94. The highest BCUT2D eigenvalue weighted by Crippen LogP contribution is 2.31. The third-order valence-corrected chi connectivity index (χ3v) is 8.47. The Morgan fingerprint density at radius 1 is 1.05 bits per heavy atom. The van der Waals surface area contributed by atoms with E-state index in [-0.39, 0.29) is 12.2 Å². The molecule has 0 saturated heterocycles. The predicted molar refractivity (Wildman–Crippen MR) is 161 cm³/mol. The van der Waals surface area contributed by atoms with Crippen LogP contribution in [-0.2, 0) is 9.53 Å². The summed E-state index contributed by atoms with van der Waals surface area (Å²) in [6, 6.07) is 18.0. The summed E-state index contributed by atoms with van der Waals surface area (Å²) in [5.74, 6) is -0.0747. The van der Waals surface area contributed by atoms with E-state index in [1.807, 2.05) is 25.1 Å². The van der Waals surface area contributed by atoms with Crippen LogP contribution in [0.25, 0.3) is 11.8 Å². The molecule has 0 bridgehead atoms. The summed E-state index contributed by atoms with van der Waals surface area (Å²) >= 11 is 1.35. The third-order valence-electron chi connectivity index (χ3n) is 7.48. The molecular formula is C33H35N3O3S. The number of hydrogen-bond donors (Lipinski definition) is 0. The van der Waals surface area contributed by atoms with Crippen LogP contribution in [0.2, 0.25) is 0 Å². The number of carbonyl (C=O) groups excluding carboxylic acids is 1. The zero-order chi connectivity index (χ0) is 28.7. The molecule has 0 radical (unpaired) electrons. The molecule has 0 amide bonds. The molecule has 5 rings (SSSR count). The van der Waals surface area contributed by atoms with Crippen molar-refractivity contribution < 1.29 is 9.53 Å². The van der Waals surface area contributed by atoms with Crippen molar-refractivity contribution in [2.75, 3.05) is 6.61 Å². The van der Waals surface area contributed by atoms with Gasteiger partial charge >= 0.3 is 5.97 Å². The molecule has 0 saturated carbocycles. The van der Waals surface area contributed by atoms with E-state index in [0.29, 0.717) is 26.5 Å². The number of esters is 1. The Kier molecular flexibility index (Phi) is 7.51. The summed E-state index contributed by atoms with van der Waals surface area (Å²) in [6.45, 7) is 14.3. The van der Waals surface area contributed by atoms with Crippen molar-refractivity contribution >= 4 is 23.4 Å². The lowest BCUT2D eigenvalue weighted by atomic mass is 9.93. The number of benzene rings is 2. The van der Waals surface area contributed by atoms with Crippen LogP contribution in [0.4, 0.5) is 0 Å². The van der Waals surface area contributed by atoms with Gasteiger partial charge in [-0.2, -0.15) is 0 Å². The molecule has 3 heterocycles. The standard InChI is InChI=1S/C33H35N3O3S/c1-8-39-32(38)29-22(6)34-33-36(30(29)25-13-11-24(12-14-25)19(2)3)31(37)28(40-33)18-26-17-21(5)35(23(26)7)27-15-9-20(4)10-16-27/h9-19,30H,8H2,1-7H3/b28-18+. The van der Waals surface area contributed by atoms with E-state index in [2.05, 4.69) is 81.7 Å². The smallest absolute Gasteiger partial charge is 0.338 e. The van der Waals surface area contributed by atoms with Crippen LogP contribution in [0.15, 0.2) is 75.7 Å². The Morgan fingerprint density at radius 2 is 1.73 bits per heavy atom. The number of nitrogens with zero attached hydrogens (tertiary/aromatic N) is 3. The zero-order valence-corrected chi connectivity index (χ0v) is 24.9. The number of fused-ring (bicyclic) bond motifs is 1. The van der Waals surface area contributed by atoms with Crippen LogP contribution in [0, 0.1) is 20.8 Å². The molecule has 2 aromatic heterocycles. The fraction of sp³-hybridized carbons (Fsp3) is 0.303. The second kappa shape index (κ2) is 10.9. The Bertz CT molecular complexity index is 1800. The van der Waals surface area contributed by atoms with Crippen LogP contribution in [0.5, 0.6) is 0 Å². The van der Waals surface area contributed by atoms with Crippen molar-refractivity contribution in [1.82, 2.24) is 9.13 Å². The minimum atomic E-state index is -0.612. The van der Waals surface area contributed by atoms with E-state index in [9.17, 15) is 9.59 Å². The number of carbonyl (C=O) groups is 1. The molecule has 1 unspecified atom stereocenters. The monoisotopic (exact) mass is 553 g/mol. The average molecular weight is 554 g/mol. The molecule has 4 aromatic rings. The van der Waals surface area contributed by atoms with Crippen molar-refractivity contribution in [3.63, 3.8) is 0 Å². The molecule has 40 heavy (non-hydrogen) atoms. The molecule has 1 atom stereocenters. The van der Waals surface area contributed by atoms with E-state index < -0.39 is 12.0 Å². The minimum Gasteiger partial charge on any atom is -0.463 e. The predicted octanol–water partition coefficient (Wildman–Crippen LogP) is 5.64. The average Bonchev–Trinajstić information content (AvgIpc) is 3.38. The van der Waals surface area contributed by atoms with Crippen molar-refractivity contribution in [3.05, 3.63) is 119 Å². The van der Waals surface area contributed by atoms with Gasteiger partial charge in [-0.15, -0.1) is 0 Å². The first-order valence-electron chi connectivity index (χ1n) is 13.7. The molecule has 1 aliphatic rings. The largest absolute Gasteiger partial charge is 0.463 e. The van der Waals surface area contributed by atoms with Crippen LogP contribution in [-0.4, -0.2) is 21.7 Å². The van der Waals surface area contributed by atoms with Gasteiger partial charge in [-0.05, 0) is 81.5 Å². The summed E-state index contributed by atoms with van der Waals surface area (Å²) < 4.78 is 9.85. The van der Waals surface area contributed by atoms with E-state index in [4.69, 9.17) is 9.73 Å². The molecule has 1 aliphatic heterocycles. The van der Waals surface area contributed by atoms with Gasteiger partial charge in [-0.3, -0.25) is 9.36 Å². The lowest BCUT2D eigenvalue weighted by molar-refractivity contribution is -0.139. The quantitative estimate of drug-likeness (QED) is 0.291. The maximum absolute atomic E-state index is 14.0. The molecule has 2 aromatic carbocycles. The number of aromatic nitrogens is 2. The fourth-order valence-electron chi connectivity index (χ4n) is 5.34. The van der Waals surface area contributed by atoms with Crippen LogP contribution >= 0.6 is 11.3 Å². The first kappa shape index (κ1) is 27.6. The summed E-state index contributed by atoms with van der Waals surface area (Å²) in [5, 5.41) is 0. The van der Waals surface area contributed by atoms with Gasteiger partial charge in [0.05, 0.1) is 28.5 Å². The highest BCUT2D eigenvalue weighted by molar-refractivity contribution is 7.07. The molecule has 0 spiro atoms. The molecule has 206 valence electrons. The maximum Gasteiger partial charge on any atom is 0.338 e. The van der Waals surface area contributed by atoms with E-state index in [0.717, 1.165) is 28.2 Å². The maximum atomic E-state index is 14.0. The molecule has 0 aliphatic carbocycles. The van der Waals surface area contributed by atoms with Gasteiger partial charge in [0.2, 0.25) is 0 Å². The van der Waals surface area contributed by atoms with Crippen LogP contribution in [0.3, 0.4) is 0 Å². The highest BCUT2D eigenvalue weighted by Gasteiger charge is 2.33. The molecule has 7 heteroatoms. The van der Waals surface area contributed by atoms with Gasteiger partial charge in [-0.25, -0.2) is 9.79 Å². The third kappa shape index (κ3) is 4.90. The zero-order valence-electron chi connectivity index (χ0n) is 24.1. The van der Waals surface area contributed by atoms with Crippen molar-refractivity contribution in [2.24, 2.45) is 4.99 Å². The Balaban J connectivity index is 1.67. The number of allylic oxidation sites excluding steroid dienone is 1. The second-order valence-corrected chi connectivity index (χ2v) is 11.6. The molecule has 0 N–H and O–H groups in total. The molecule has 6 nitrogen and oxygen atoms in total. The summed E-state index contributed by atoms with van der Waals surface area (Å²) in [5.41, 5.74) is 8.25. The number of aryl methyl sites for hydroxylation is 2. The number of hydrogen-bond acceptors (Lipinski definition) is 5. The molecular weight excluding hydrogens is 518 g/mol. The highest BCUT2D eigenvalue weighted by atomic mass is 32.1. The normalized spacial score (nSPS) is 15.4. The van der Waals surface area contributed by atoms with Gasteiger partial charge in [-0.1, -0.05) is 67.1 Å². The SMILES string of the molecule is CCOC(=O)C1=C(C)N=c2s/c(=C/c3cc(C)n(-c4ccc(C)cc4)c3C)c(=O)n2C1c1ccc(C(C)C)cc1. The Labute approximate surface area is 238 Å². The van der Waals surface area contributed by atoms with E-state index in [1.54, 1.807) is 11.5 Å². The molecule has 0 fully saturated rings. The van der Waals surface area contributed by atoms with Crippen LogP contribution < -0.4 is 14.9 Å². The lowest BCUT2D eigenvalue weighted by Gasteiger charge is -2.25. The lowest BCUT2D eigenvalue weighted by Crippen LogP contribution is -2.39. The number of thiazole rings is 1. The Hall–Kier alpha value is -3.97. The van der Waals surface area contributed by atoms with Gasteiger partial charge in [0.1, 0.15) is 0 Å². The van der Waals surface area contributed by atoms with Crippen molar-refractivity contribution in [1.29, 1.82) is 0 Å². The van der Waals surface area contributed by atoms with E-state index >= 15 is 0 Å². The van der Waals surface area contributed by atoms with Crippen molar-refractivity contribution in [3.8, 4) is 5.69 Å². The van der Waals surface area contributed by atoms with E-state index in [1.165, 1.54) is 22.5 Å². The topological polar surface area (TPSA) is 65.6 Å². The minimum absolute atomic E-state index is 0.170. The number of ether oxygens (including phenoxy) is 1. The van der Waals surface area contributed by atoms with Crippen LogP contribution in [0.1, 0.15) is 73.3 Å². The van der Waals surface area contributed by atoms with Gasteiger partial charge < -0.3 is 9.30 Å². The van der Waals surface area contributed by atoms with Gasteiger partial charge in [0.25, 0.3) is 5.56 Å².